The maximum Gasteiger partial charge on any atom is 0.295 e. The molecule has 4 aromatic carbocycles. The lowest BCUT2D eigenvalue weighted by molar-refractivity contribution is 0.460. The van der Waals surface area contributed by atoms with E-state index in [4.69, 9.17) is 0 Å². The van der Waals surface area contributed by atoms with Crippen LogP contribution in [0.3, 0.4) is 0 Å². The molecule has 2 N–H and O–H groups in total. The van der Waals surface area contributed by atoms with Crippen molar-refractivity contribution in [3.63, 3.8) is 0 Å². The first-order valence-electron chi connectivity index (χ1n) is 12.6. The van der Waals surface area contributed by atoms with Crippen molar-refractivity contribution in [3.8, 4) is 0 Å². The van der Waals surface area contributed by atoms with Crippen LogP contribution in [0.5, 0.6) is 0 Å². The fraction of sp³-hybridized carbons (Fsp3) is 0.222. The van der Waals surface area contributed by atoms with E-state index in [2.05, 4.69) is 0 Å². The summed E-state index contributed by atoms with van der Waals surface area (Å²) in [5.74, 6) is -2.02. The molecule has 0 atom stereocenters. The maximum atomic E-state index is 12.6. The molecule has 0 amide bonds. The largest absolute Gasteiger partial charge is 0.748 e. The van der Waals surface area contributed by atoms with Gasteiger partial charge in [0.05, 0.1) is 42.1 Å². The first kappa shape index (κ1) is 32.1. The number of hydrogen-bond acceptors (Lipinski definition) is 10. The summed E-state index contributed by atoms with van der Waals surface area (Å²) >= 11 is 0. The number of benzene rings is 4. The molecule has 234 valence electrons. The molecule has 17 heteroatoms. The molecular weight excluding hydrogens is 659 g/mol. The summed E-state index contributed by atoms with van der Waals surface area (Å²) in [5.41, 5.74) is 0.554. The van der Waals surface area contributed by atoms with E-state index in [0.29, 0.717) is 11.3 Å². The summed E-state index contributed by atoms with van der Waals surface area (Å²) in [7, 11) is -19.4. The van der Waals surface area contributed by atoms with Crippen molar-refractivity contribution in [3.05, 3.63) is 71.3 Å². The monoisotopic (exact) mass is 682 g/mol. The van der Waals surface area contributed by atoms with Gasteiger partial charge in [-0.2, -0.15) is 21.4 Å². The van der Waals surface area contributed by atoms with Gasteiger partial charge in [-0.1, -0.05) is 24.3 Å². The standard InChI is InChI=1S/C27H25NO12S4/c1-15-27(2,3)26-21-8-7-20(43(35,36)37)11-22(21)24(44(38,39)40)12-23(26)28(15)19-9-16-5-4-6-17(13-41(29,30)31)25(16)18(10-19)14-42(32,33)34/h4-12H,13-14H2,1-3H3,(H3-,29,30,31,32,33,34,35,36,37,38,39,40)/p-1. The minimum absolute atomic E-state index is 0.0140. The van der Waals surface area contributed by atoms with Crippen molar-refractivity contribution >= 4 is 79.1 Å². The van der Waals surface area contributed by atoms with Gasteiger partial charge in [0.25, 0.3) is 20.2 Å². The zero-order valence-electron chi connectivity index (χ0n) is 23.2. The number of nitrogens with zero attached hydrogens (tertiary/aromatic N) is 1. The Kier molecular flexibility index (Phi) is 7.38. The molecule has 0 saturated heterocycles. The van der Waals surface area contributed by atoms with Gasteiger partial charge in [-0.05, 0) is 53.3 Å². The Morgan fingerprint density at radius 3 is 1.93 bits per heavy atom. The summed E-state index contributed by atoms with van der Waals surface area (Å²) in [6, 6.07) is 11.6. The summed E-state index contributed by atoms with van der Waals surface area (Å²) < 4.78 is 141. The predicted molar refractivity (Wildman–Crippen MR) is 159 cm³/mol. The van der Waals surface area contributed by atoms with Gasteiger partial charge in [0.15, 0.2) is 5.71 Å². The minimum Gasteiger partial charge on any atom is -0.748 e. The second kappa shape index (κ2) is 10.1. The molecule has 1 aliphatic rings. The zero-order chi connectivity index (χ0) is 32.8. The topological polar surface area (TPSA) is 226 Å². The smallest absolute Gasteiger partial charge is 0.295 e. The Labute approximate surface area is 253 Å². The van der Waals surface area contributed by atoms with Crippen LogP contribution in [0.1, 0.15) is 37.5 Å². The molecule has 1 heterocycles. The van der Waals surface area contributed by atoms with Crippen LogP contribution in [0, 0.1) is 0 Å². The SMILES string of the molecule is CC1=[N+](c2cc(CS(=O)(=O)[O-])c3c(CS(=O)(=O)[O-])cccc3c2)c2cc(S(=O)(=O)O)c3cc(S(=O)(=O)O)ccc3c2C1(C)C. The lowest BCUT2D eigenvalue weighted by Gasteiger charge is -2.18. The van der Waals surface area contributed by atoms with Crippen LogP contribution >= 0.6 is 0 Å². The number of hydrogen-bond donors (Lipinski definition) is 2. The highest BCUT2D eigenvalue weighted by Crippen LogP contribution is 2.48. The highest BCUT2D eigenvalue weighted by Gasteiger charge is 2.46. The van der Waals surface area contributed by atoms with E-state index in [1.165, 1.54) is 30.3 Å². The van der Waals surface area contributed by atoms with E-state index in [9.17, 15) is 51.9 Å². The van der Waals surface area contributed by atoms with Gasteiger partial charge in [0, 0.05) is 36.1 Å². The molecule has 0 aliphatic carbocycles. The highest BCUT2D eigenvalue weighted by molar-refractivity contribution is 7.86. The van der Waals surface area contributed by atoms with Crippen LogP contribution in [-0.2, 0) is 57.4 Å². The van der Waals surface area contributed by atoms with E-state index in [1.807, 2.05) is 0 Å². The molecule has 1 aliphatic heterocycles. The molecule has 4 aromatic rings. The fourth-order valence-corrected chi connectivity index (χ4v) is 8.31. The van der Waals surface area contributed by atoms with Gasteiger partial charge in [0.2, 0.25) is 11.4 Å². The van der Waals surface area contributed by atoms with Crippen molar-refractivity contribution < 1.29 is 51.9 Å². The summed E-state index contributed by atoms with van der Waals surface area (Å²) in [6.45, 7) is 5.30. The lowest BCUT2D eigenvalue weighted by Crippen LogP contribution is -2.26. The van der Waals surface area contributed by atoms with Crippen LogP contribution in [0.25, 0.3) is 21.5 Å². The van der Waals surface area contributed by atoms with Crippen LogP contribution in [0.15, 0.2) is 64.4 Å². The van der Waals surface area contributed by atoms with Crippen molar-refractivity contribution in [2.24, 2.45) is 0 Å². The van der Waals surface area contributed by atoms with E-state index in [0.717, 1.165) is 18.2 Å². The van der Waals surface area contributed by atoms with Gasteiger partial charge >= 0.3 is 0 Å². The molecular formula is C27H24NO12S4-. The zero-order valence-corrected chi connectivity index (χ0v) is 26.4. The van der Waals surface area contributed by atoms with Crippen molar-refractivity contribution in [2.75, 3.05) is 0 Å². The molecule has 0 aromatic heterocycles. The molecule has 44 heavy (non-hydrogen) atoms. The quantitative estimate of drug-likeness (QED) is 0.212. The Bertz CT molecular complexity index is 2410. The van der Waals surface area contributed by atoms with Crippen LogP contribution < -0.4 is 4.58 Å². The number of fused-ring (bicyclic) bond motifs is 4. The Morgan fingerprint density at radius 1 is 0.750 bits per heavy atom. The predicted octanol–water partition coefficient (Wildman–Crippen LogP) is 3.16. The third-order valence-corrected chi connectivity index (χ3v) is 10.9. The summed E-state index contributed by atoms with van der Waals surface area (Å²) in [5, 5.41) is 0.431. The van der Waals surface area contributed by atoms with E-state index >= 15 is 0 Å². The van der Waals surface area contributed by atoms with E-state index in [-0.39, 0.29) is 44.0 Å². The Morgan fingerprint density at radius 2 is 1.36 bits per heavy atom. The average Bonchev–Trinajstić information content (AvgIpc) is 3.05. The van der Waals surface area contributed by atoms with Gasteiger partial charge in [0.1, 0.15) is 4.90 Å². The average molecular weight is 683 g/mol. The molecule has 5 rings (SSSR count). The van der Waals surface area contributed by atoms with Crippen LogP contribution in [0.4, 0.5) is 11.4 Å². The second-order valence-electron chi connectivity index (χ2n) is 11.0. The van der Waals surface area contributed by atoms with Gasteiger partial charge in [-0.25, -0.2) is 16.8 Å². The minimum atomic E-state index is -4.98. The summed E-state index contributed by atoms with van der Waals surface area (Å²) in [6.07, 6.45) is 0. The summed E-state index contributed by atoms with van der Waals surface area (Å²) in [4.78, 5) is -1.27. The van der Waals surface area contributed by atoms with Crippen LogP contribution in [-0.4, -0.2) is 57.6 Å². The maximum absolute atomic E-state index is 12.6. The van der Waals surface area contributed by atoms with Crippen molar-refractivity contribution in [2.45, 2.75) is 47.5 Å². The Balaban J connectivity index is 1.90. The lowest BCUT2D eigenvalue weighted by atomic mass is 9.80. The molecule has 0 unspecified atom stereocenters. The first-order valence-corrected chi connectivity index (χ1v) is 18.6. The normalized spacial score (nSPS) is 15.7. The van der Waals surface area contributed by atoms with E-state index < -0.39 is 67.2 Å². The molecule has 0 radical (unpaired) electrons. The second-order valence-corrected chi connectivity index (χ2v) is 16.6. The van der Waals surface area contributed by atoms with Crippen LogP contribution in [0.2, 0.25) is 0 Å². The molecule has 0 fully saturated rings. The van der Waals surface area contributed by atoms with Crippen molar-refractivity contribution in [1.29, 1.82) is 0 Å². The third-order valence-electron chi connectivity index (χ3n) is 7.78. The molecule has 0 bridgehead atoms. The highest BCUT2D eigenvalue weighted by atomic mass is 32.2. The fourth-order valence-electron chi connectivity index (χ4n) is 5.87. The van der Waals surface area contributed by atoms with Gasteiger partial charge in [-0.15, -0.1) is 0 Å². The molecule has 13 nitrogen and oxygen atoms in total. The first-order chi connectivity index (χ1) is 20.0. The molecule has 0 saturated carbocycles. The molecule has 0 spiro atoms. The third kappa shape index (κ3) is 5.77. The Hall–Kier alpha value is -3.29. The van der Waals surface area contributed by atoms with Gasteiger partial charge < -0.3 is 9.11 Å². The van der Waals surface area contributed by atoms with E-state index in [1.54, 1.807) is 31.4 Å². The number of rotatable bonds is 7. The van der Waals surface area contributed by atoms with Gasteiger partial charge in [-0.3, -0.25) is 9.11 Å². The van der Waals surface area contributed by atoms with Crippen molar-refractivity contribution in [1.82, 2.24) is 4.58 Å².